The number of nitrogens with zero attached hydrogens (tertiary/aromatic N) is 2. The molecule has 4 rings (SSSR count). The van der Waals surface area contributed by atoms with Crippen LogP contribution >= 0.6 is 38.6 Å². The molecule has 3 nitrogen and oxygen atoms in total. The summed E-state index contributed by atoms with van der Waals surface area (Å²) in [5, 5.41) is 4.70. The van der Waals surface area contributed by atoms with Crippen molar-refractivity contribution in [3.8, 4) is 0 Å². The van der Waals surface area contributed by atoms with E-state index >= 15 is 0 Å². The number of benzene rings is 2. The molecule has 0 spiro atoms. The Bertz CT molecular complexity index is 885. The third-order valence-electron chi connectivity index (χ3n) is 2.91. The quantitative estimate of drug-likeness (QED) is 0.495. The van der Waals surface area contributed by atoms with Gasteiger partial charge in [-0.2, -0.15) is 0 Å². The van der Waals surface area contributed by atoms with Gasteiger partial charge in [-0.25, -0.2) is 14.4 Å². The average molecular weight is 380 g/mol. The van der Waals surface area contributed by atoms with E-state index in [9.17, 15) is 4.39 Å². The summed E-state index contributed by atoms with van der Waals surface area (Å²) in [5.41, 5.74) is 1.60. The Morgan fingerprint density at radius 1 is 0.905 bits per heavy atom. The summed E-state index contributed by atoms with van der Waals surface area (Å²) in [6.45, 7) is 0. The highest BCUT2D eigenvalue weighted by molar-refractivity contribution is 9.10. The molecule has 0 saturated heterocycles. The van der Waals surface area contributed by atoms with Crippen LogP contribution in [-0.2, 0) is 0 Å². The van der Waals surface area contributed by atoms with E-state index in [4.69, 9.17) is 0 Å². The van der Waals surface area contributed by atoms with Crippen LogP contribution in [0.5, 0.6) is 0 Å². The van der Waals surface area contributed by atoms with Gasteiger partial charge in [0, 0.05) is 10.5 Å². The minimum absolute atomic E-state index is 0.274. The molecule has 0 radical (unpaired) electrons. The highest BCUT2D eigenvalue weighted by Gasteiger charge is 2.08. The van der Waals surface area contributed by atoms with Crippen molar-refractivity contribution >= 4 is 69.3 Å². The molecule has 0 saturated carbocycles. The first-order valence-electron chi connectivity index (χ1n) is 6.06. The van der Waals surface area contributed by atoms with Crippen molar-refractivity contribution in [2.75, 3.05) is 5.32 Å². The SMILES string of the molecule is Fc1ccc2sc(Nc3nc4ccc(Br)cc4s3)nc2c1. The monoisotopic (exact) mass is 379 g/mol. The smallest absolute Gasteiger partial charge is 0.190 e. The van der Waals surface area contributed by atoms with Crippen LogP contribution in [0.3, 0.4) is 0 Å². The van der Waals surface area contributed by atoms with E-state index in [1.165, 1.54) is 23.5 Å². The Morgan fingerprint density at radius 3 is 2.52 bits per heavy atom. The number of nitrogens with one attached hydrogen (secondary N) is 1. The van der Waals surface area contributed by atoms with E-state index in [-0.39, 0.29) is 5.82 Å². The first-order valence-corrected chi connectivity index (χ1v) is 8.49. The molecular formula is C14H7BrFN3S2. The summed E-state index contributed by atoms with van der Waals surface area (Å²) in [5.74, 6) is -0.274. The molecule has 4 aromatic rings. The summed E-state index contributed by atoms with van der Waals surface area (Å²) in [6, 6.07) is 10.6. The first-order chi connectivity index (χ1) is 10.2. The van der Waals surface area contributed by atoms with Crippen LogP contribution in [0.1, 0.15) is 0 Å². The van der Waals surface area contributed by atoms with Gasteiger partial charge in [0.1, 0.15) is 5.82 Å². The van der Waals surface area contributed by atoms with Crippen molar-refractivity contribution in [3.05, 3.63) is 46.7 Å². The molecule has 0 fully saturated rings. The molecule has 0 aliphatic carbocycles. The molecular weight excluding hydrogens is 373 g/mol. The highest BCUT2D eigenvalue weighted by atomic mass is 79.9. The van der Waals surface area contributed by atoms with Crippen molar-refractivity contribution in [1.29, 1.82) is 0 Å². The molecule has 0 atom stereocenters. The molecule has 2 aromatic heterocycles. The molecule has 104 valence electrons. The van der Waals surface area contributed by atoms with Gasteiger partial charge in [-0.05, 0) is 30.3 Å². The molecule has 0 amide bonds. The lowest BCUT2D eigenvalue weighted by atomic mass is 10.3. The molecule has 7 heteroatoms. The van der Waals surface area contributed by atoms with Gasteiger partial charge in [0.2, 0.25) is 0 Å². The largest absolute Gasteiger partial charge is 0.307 e. The summed E-state index contributed by atoms with van der Waals surface area (Å²) in [6.07, 6.45) is 0. The maximum Gasteiger partial charge on any atom is 0.190 e. The Balaban J connectivity index is 1.71. The van der Waals surface area contributed by atoms with E-state index in [1.54, 1.807) is 17.4 Å². The highest BCUT2D eigenvalue weighted by Crippen LogP contribution is 2.33. The lowest BCUT2D eigenvalue weighted by molar-refractivity contribution is 0.629. The van der Waals surface area contributed by atoms with Crippen LogP contribution < -0.4 is 5.32 Å². The summed E-state index contributed by atoms with van der Waals surface area (Å²) < 4.78 is 16.3. The van der Waals surface area contributed by atoms with Crippen molar-refractivity contribution in [3.63, 3.8) is 0 Å². The maximum absolute atomic E-state index is 13.2. The zero-order valence-electron chi connectivity index (χ0n) is 10.4. The molecule has 0 aliphatic rings. The second-order valence-corrected chi connectivity index (χ2v) is 7.36. The number of anilines is 2. The van der Waals surface area contributed by atoms with Gasteiger partial charge in [-0.3, -0.25) is 0 Å². The molecule has 21 heavy (non-hydrogen) atoms. The Morgan fingerprint density at radius 2 is 1.67 bits per heavy atom. The molecule has 2 heterocycles. The van der Waals surface area contributed by atoms with E-state index in [0.29, 0.717) is 10.6 Å². The molecule has 2 aromatic carbocycles. The first kappa shape index (κ1) is 13.1. The number of halogens is 2. The van der Waals surface area contributed by atoms with Gasteiger partial charge in [-0.1, -0.05) is 38.6 Å². The second-order valence-electron chi connectivity index (χ2n) is 4.39. The van der Waals surface area contributed by atoms with Gasteiger partial charge in [0.25, 0.3) is 0 Å². The third kappa shape index (κ3) is 2.52. The van der Waals surface area contributed by atoms with Gasteiger partial charge in [0.15, 0.2) is 10.3 Å². The summed E-state index contributed by atoms with van der Waals surface area (Å²) >= 11 is 6.49. The zero-order chi connectivity index (χ0) is 14.4. The molecule has 0 aliphatic heterocycles. The minimum Gasteiger partial charge on any atom is -0.307 e. The number of thiazole rings is 2. The van der Waals surface area contributed by atoms with Crippen LogP contribution in [0.2, 0.25) is 0 Å². The number of rotatable bonds is 2. The van der Waals surface area contributed by atoms with Gasteiger partial charge < -0.3 is 5.32 Å². The van der Waals surface area contributed by atoms with Crippen LogP contribution in [0.15, 0.2) is 40.9 Å². The Kier molecular flexibility index (Phi) is 3.13. The lowest BCUT2D eigenvalue weighted by Gasteiger charge is -1.93. The van der Waals surface area contributed by atoms with Crippen LogP contribution in [-0.4, -0.2) is 9.97 Å². The molecule has 0 unspecified atom stereocenters. The van der Waals surface area contributed by atoms with Gasteiger partial charge in [-0.15, -0.1) is 0 Å². The van der Waals surface area contributed by atoms with Crippen molar-refractivity contribution < 1.29 is 4.39 Å². The molecule has 0 bridgehead atoms. The minimum atomic E-state index is -0.274. The predicted molar refractivity (Wildman–Crippen MR) is 90.2 cm³/mol. The number of hydrogen-bond acceptors (Lipinski definition) is 5. The van der Waals surface area contributed by atoms with Crippen molar-refractivity contribution in [1.82, 2.24) is 9.97 Å². The number of fused-ring (bicyclic) bond motifs is 2. The van der Waals surface area contributed by atoms with E-state index in [0.717, 1.165) is 24.5 Å². The fraction of sp³-hybridized carbons (Fsp3) is 0. The number of aromatic nitrogens is 2. The van der Waals surface area contributed by atoms with Crippen molar-refractivity contribution in [2.45, 2.75) is 0 Å². The van der Waals surface area contributed by atoms with Crippen molar-refractivity contribution in [2.24, 2.45) is 0 Å². The zero-order valence-corrected chi connectivity index (χ0v) is 13.6. The predicted octanol–water partition coefficient (Wildman–Crippen LogP) is 5.55. The van der Waals surface area contributed by atoms with E-state index < -0.39 is 0 Å². The Labute approximate surface area is 135 Å². The summed E-state index contributed by atoms with van der Waals surface area (Å²) in [7, 11) is 0. The number of hydrogen-bond donors (Lipinski definition) is 1. The Hall–Kier alpha value is -1.57. The topological polar surface area (TPSA) is 37.8 Å². The fourth-order valence-corrected chi connectivity index (χ4v) is 4.32. The van der Waals surface area contributed by atoms with Crippen LogP contribution in [0.25, 0.3) is 20.4 Å². The fourth-order valence-electron chi connectivity index (χ4n) is 2.00. The summed E-state index contributed by atoms with van der Waals surface area (Å²) in [4.78, 5) is 8.90. The van der Waals surface area contributed by atoms with Gasteiger partial charge >= 0.3 is 0 Å². The van der Waals surface area contributed by atoms with E-state index in [2.05, 4.69) is 31.2 Å². The van der Waals surface area contributed by atoms with Crippen LogP contribution in [0.4, 0.5) is 14.7 Å². The standard InChI is InChI=1S/C14H7BrFN3S2/c15-7-1-3-9-12(5-7)21-13(17-9)19-14-18-10-6-8(16)2-4-11(10)20-14/h1-6H,(H,17,18,19). The third-order valence-corrected chi connectivity index (χ3v) is 5.29. The lowest BCUT2D eigenvalue weighted by Crippen LogP contribution is -1.87. The van der Waals surface area contributed by atoms with Gasteiger partial charge in [0.05, 0.1) is 20.4 Å². The maximum atomic E-state index is 13.2. The molecule has 1 N–H and O–H groups in total. The second kappa shape index (κ2) is 5.01. The average Bonchev–Trinajstić information content (AvgIpc) is 3.00. The van der Waals surface area contributed by atoms with E-state index in [1.807, 2.05) is 18.2 Å². The normalized spacial score (nSPS) is 11.3. The van der Waals surface area contributed by atoms with Crippen LogP contribution in [0, 0.1) is 5.82 Å².